The Morgan fingerprint density at radius 2 is 2.17 bits per heavy atom. The predicted octanol–water partition coefficient (Wildman–Crippen LogP) is 0.810. The van der Waals surface area contributed by atoms with Crippen LogP contribution in [0.1, 0.15) is 12.0 Å². The first kappa shape index (κ1) is 17.9. The zero-order valence-corrected chi connectivity index (χ0v) is 15.1. The normalized spacial score (nSPS) is 19.3. The molecule has 2 rings (SSSR count). The fourth-order valence-corrected chi connectivity index (χ4v) is 4.25. The molecule has 1 fully saturated rings. The van der Waals surface area contributed by atoms with Gasteiger partial charge in [-0.05, 0) is 30.7 Å². The van der Waals surface area contributed by atoms with E-state index < -0.39 is 27.9 Å². The molecule has 7 nitrogen and oxygen atoms in total. The van der Waals surface area contributed by atoms with E-state index in [-0.39, 0.29) is 24.4 Å². The van der Waals surface area contributed by atoms with Crippen LogP contribution in [0.25, 0.3) is 0 Å². The number of halogens is 1. The van der Waals surface area contributed by atoms with Crippen molar-refractivity contribution in [2.45, 2.75) is 24.3 Å². The Kier molecular flexibility index (Phi) is 5.43. The van der Waals surface area contributed by atoms with Crippen molar-refractivity contribution < 1.29 is 22.7 Å². The van der Waals surface area contributed by atoms with Crippen molar-refractivity contribution in [3.63, 3.8) is 0 Å². The van der Waals surface area contributed by atoms with Crippen LogP contribution in [0.4, 0.5) is 0 Å². The van der Waals surface area contributed by atoms with Gasteiger partial charge in [-0.3, -0.25) is 9.59 Å². The van der Waals surface area contributed by atoms with Gasteiger partial charge in [0.25, 0.3) is 0 Å². The van der Waals surface area contributed by atoms with Crippen LogP contribution in [-0.2, 0) is 24.3 Å². The number of hydrogen-bond donors (Lipinski definition) is 1. The number of aryl methyl sites for hydroxylation is 1. The molecule has 9 heteroatoms. The number of ether oxygens (including phenoxy) is 1. The summed E-state index contributed by atoms with van der Waals surface area (Å²) >= 11 is 3.32. The van der Waals surface area contributed by atoms with Crippen LogP contribution in [0, 0.1) is 6.92 Å². The summed E-state index contributed by atoms with van der Waals surface area (Å²) in [5.41, 5.74) is 0.761. The Labute approximate surface area is 143 Å². The first-order chi connectivity index (χ1) is 10.8. The molecule has 0 bridgehead atoms. The van der Waals surface area contributed by atoms with Crippen LogP contribution in [-0.4, -0.2) is 50.8 Å². The second-order valence-corrected chi connectivity index (χ2v) is 7.86. The number of benzene rings is 1. The number of amides is 1. The van der Waals surface area contributed by atoms with Crippen LogP contribution >= 0.6 is 15.9 Å². The van der Waals surface area contributed by atoms with E-state index in [4.69, 9.17) is 0 Å². The second-order valence-electron chi connectivity index (χ2n) is 5.11. The summed E-state index contributed by atoms with van der Waals surface area (Å²) in [6.45, 7) is 2.08. The lowest BCUT2D eigenvalue weighted by molar-refractivity contribution is -0.144. The van der Waals surface area contributed by atoms with Gasteiger partial charge in [-0.15, -0.1) is 0 Å². The summed E-state index contributed by atoms with van der Waals surface area (Å²) in [6, 6.07) is 3.53. The number of nitrogens with one attached hydrogen (secondary N) is 1. The molecule has 1 aliphatic heterocycles. The highest BCUT2D eigenvalue weighted by atomic mass is 79.9. The van der Waals surface area contributed by atoms with E-state index >= 15 is 0 Å². The summed E-state index contributed by atoms with van der Waals surface area (Å²) < 4.78 is 32.1. The summed E-state index contributed by atoms with van der Waals surface area (Å²) in [4.78, 5) is 23.6. The molecule has 1 aromatic rings. The van der Waals surface area contributed by atoms with Crippen molar-refractivity contribution in [2.24, 2.45) is 0 Å². The van der Waals surface area contributed by atoms with Crippen molar-refractivity contribution in [1.29, 1.82) is 0 Å². The predicted molar refractivity (Wildman–Crippen MR) is 86.2 cm³/mol. The first-order valence-electron chi connectivity index (χ1n) is 6.90. The second kappa shape index (κ2) is 6.98. The molecule has 1 aliphatic rings. The van der Waals surface area contributed by atoms with Gasteiger partial charge in [0.05, 0.1) is 18.4 Å². The van der Waals surface area contributed by atoms with E-state index in [2.05, 4.69) is 26.0 Å². The van der Waals surface area contributed by atoms with Gasteiger partial charge in [-0.2, -0.15) is 4.31 Å². The SMILES string of the molecule is COC(=O)CC1C(=O)NCCN1S(=O)(=O)c1ccc(Br)c(C)c1. The maximum absolute atomic E-state index is 12.9. The molecule has 23 heavy (non-hydrogen) atoms. The maximum atomic E-state index is 12.9. The van der Waals surface area contributed by atoms with Crippen LogP contribution < -0.4 is 5.32 Å². The monoisotopic (exact) mass is 404 g/mol. The van der Waals surface area contributed by atoms with Crippen LogP contribution in [0.2, 0.25) is 0 Å². The van der Waals surface area contributed by atoms with E-state index in [0.29, 0.717) is 0 Å². The Morgan fingerprint density at radius 3 is 2.78 bits per heavy atom. The van der Waals surface area contributed by atoms with Gasteiger partial charge in [0.15, 0.2) is 0 Å². The number of sulfonamides is 1. The molecule has 0 aliphatic carbocycles. The molecular weight excluding hydrogens is 388 g/mol. The maximum Gasteiger partial charge on any atom is 0.307 e. The number of rotatable bonds is 4. The van der Waals surface area contributed by atoms with E-state index in [0.717, 1.165) is 14.3 Å². The van der Waals surface area contributed by atoms with E-state index in [1.165, 1.54) is 19.2 Å². The number of methoxy groups -OCH3 is 1. The Hall–Kier alpha value is -1.45. The zero-order chi connectivity index (χ0) is 17.2. The summed E-state index contributed by atoms with van der Waals surface area (Å²) in [5, 5.41) is 2.58. The van der Waals surface area contributed by atoms with Crippen molar-refractivity contribution in [2.75, 3.05) is 20.2 Å². The molecule has 0 radical (unpaired) electrons. The minimum atomic E-state index is -3.89. The highest BCUT2D eigenvalue weighted by Gasteiger charge is 2.39. The summed E-state index contributed by atoms with van der Waals surface area (Å²) in [7, 11) is -2.70. The number of piperazine rings is 1. The Balaban J connectivity index is 2.39. The van der Waals surface area contributed by atoms with Gasteiger partial charge in [-0.25, -0.2) is 8.42 Å². The smallest absolute Gasteiger partial charge is 0.307 e. The molecule has 1 atom stereocenters. The number of carbonyl (C=O) groups excluding carboxylic acids is 2. The minimum Gasteiger partial charge on any atom is -0.469 e. The Morgan fingerprint density at radius 1 is 1.48 bits per heavy atom. The van der Waals surface area contributed by atoms with Gasteiger partial charge >= 0.3 is 5.97 Å². The van der Waals surface area contributed by atoms with E-state index in [1.54, 1.807) is 13.0 Å². The fraction of sp³-hybridized carbons (Fsp3) is 0.429. The third kappa shape index (κ3) is 3.73. The Bertz CT molecular complexity index is 735. The van der Waals surface area contributed by atoms with Crippen LogP contribution in [0.15, 0.2) is 27.6 Å². The molecule has 1 heterocycles. The molecule has 1 N–H and O–H groups in total. The highest BCUT2D eigenvalue weighted by molar-refractivity contribution is 9.10. The number of hydrogen-bond acceptors (Lipinski definition) is 5. The lowest BCUT2D eigenvalue weighted by atomic mass is 10.1. The average molecular weight is 405 g/mol. The van der Waals surface area contributed by atoms with Gasteiger partial charge < -0.3 is 10.1 Å². The van der Waals surface area contributed by atoms with Crippen molar-refractivity contribution in [3.05, 3.63) is 28.2 Å². The molecule has 0 aromatic heterocycles. The van der Waals surface area contributed by atoms with Crippen LogP contribution in [0.3, 0.4) is 0 Å². The van der Waals surface area contributed by atoms with Crippen molar-refractivity contribution >= 4 is 37.8 Å². The lowest BCUT2D eigenvalue weighted by Gasteiger charge is -2.33. The molecular formula is C14H17BrN2O5S. The number of nitrogens with zero attached hydrogens (tertiary/aromatic N) is 1. The molecule has 1 amide bonds. The molecule has 1 aromatic carbocycles. The van der Waals surface area contributed by atoms with Gasteiger partial charge in [0, 0.05) is 17.6 Å². The van der Waals surface area contributed by atoms with Crippen LogP contribution in [0.5, 0.6) is 0 Å². The zero-order valence-electron chi connectivity index (χ0n) is 12.7. The van der Waals surface area contributed by atoms with Crippen molar-refractivity contribution in [3.8, 4) is 0 Å². The summed E-state index contributed by atoms with van der Waals surface area (Å²) in [6.07, 6.45) is -0.322. The molecule has 0 saturated carbocycles. The average Bonchev–Trinajstić information content (AvgIpc) is 2.51. The van der Waals surface area contributed by atoms with E-state index in [1.807, 2.05) is 0 Å². The standard InChI is InChI=1S/C14H17BrN2O5S/c1-9-7-10(3-4-11(9)15)23(20,21)17-6-5-16-14(19)12(17)8-13(18)22-2/h3-4,7,12H,5-6,8H2,1-2H3,(H,16,19). The molecule has 1 unspecified atom stereocenters. The van der Waals surface area contributed by atoms with Gasteiger partial charge in [-0.1, -0.05) is 15.9 Å². The highest BCUT2D eigenvalue weighted by Crippen LogP contribution is 2.25. The molecule has 126 valence electrons. The topological polar surface area (TPSA) is 92.8 Å². The number of carbonyl (C=O) groups is 2. The third-order valence-corrected chi connectivity index (χ3v) is 6.40. The third-order valence-electron chi connectivity index (χ3n) is 3.61. The molecule has 0 spiro atoms. The van der Waals surface area contributed by atoms with E-state index in [9.17, 15) is 18.0 Å². The van der Waals surface area contributed by atoms with Crippen molar-refractivity contribution in [1.82, 2.24) is 9.62 Å². The molecule has 1 saturated heterocycles. The fourth-order valence-electron chi connectivity index (χ4n) is 2.33. The lowest BCUT2D eigenvalue weighted by Crippen LogP contribution is -2.57. The first-order valence-corrected chi connectivity index (χ1v) is 9.13. The van der Waals surface area contributed by atoms with Gasteiger partial charge in [0.2, 0.25) is 15.9 Å². The summed E-state index contributed by atoms with van der Waals surface area (Å²) in [5.74, 6) is -1.14. The quantitative estimate of drug-likeness (QED) is 0.749. The minimum absolute atomic E-state index is 0.0859. The van der Waals surface area contributed by atoms with Gasteiger partial charge in [0.1, 0.15) is 6.04 Å². The number of esters is 1. The largest absolute Gasteiger partial charge is 0.469 e.